The number of anilines is 2. The molecule has 422 valence electrons. The third-order valence-corrected chi connectivity index (χ3v) is 18.8. The van der Waals surface area contributed by atoms with Gasteiger partial charge in [0.2, 0.25) is 0 Å². The van der Waals surface area contributed by atoms with Gasteiger partial charge < -0.3 is 19.3 Å². The zero-order chi connectivity index (χ0) is 58.0. The lowest BCUT2D eigenvalue weighted by atomic mass is 9.80. The molecule has 6 aromatic rings. The quantitative estimate of drug-likeness (QED) is 0.0957. The van der Waals surface area contributed by atoms with Crippen molar-refractivity contribution in [2.24, 2.45) is 0 Å². The second-order valence-corrected chi connectivity index (χ2v) is 25.8. The summed E-state index contributed by atoms with van der Waals surface area (Å²) in [5.41, 5.74) is 20.6. The average molecular weight is 1150 g/mol. The number of nitrogens with zero attached hydrogens (tertiary/aromatic N) is 2. The number of benzene rings is 6. The molecule has 0 aromatic heterocycles. The molecule has 0 saturated carbocycles. The Morgan fingerprint density at radius 2 is 1.11 bits per heavy atom. The van der Waals surface area contributed by atoms with E-state index in [-0.39, 0.29) is 21.7 Å². The first kappa shape index (κ1) is 58.5. The Hall–Kier alpha value is -6.69. The molecule has 0 unspecified atom stereocenters. The van der Waals surface area contributed by atoms with Crippen LogP contribution in [0, 0.1) is 0 Å². The molecule has 6 aromatic carbocycles. The third kappa shape index (κ3) is 11.7. The van der Waals surface area contributed by atoms with E-state index in [1.807, 2.05) is 72.8 Å². The summed E-state index contributed by atoms with van der Waals surface area (Å²) in [5, 5.41) is 2.44. The van der Waals surface area contributed by atoms with Crippen LogP contribution in [0.3, 0.4) is 0 Å². The molecule has 4 nitrogen and oxygen atoms in total. The van der Waals surface area contributed by atoms with E-state index >= 15 is 0 Å². The molecule has 2 heterocycles. The molecule has 11 rings (SSSR count). The van der Waals surface area contributed by atoms with Crippen molar-refractivity contribution in [2.45, 2.75) is 122 Å². The summed E-state index contributed by atoms with van der Waals surface area (Å²) in [6, 6.07) is 50.4. The van der Waals surface area contributed by atoms with Crippen molar-refractivity contribution in [3.63, 3.8) is 0 Å². The second kappa shape index (κ2) is 24.3. The number of hydrogen-bond donors (Lipinski definition) is 0. The van der Waals surface area contributed by atoms with Gasteiger partial charge in [0.15, 0.2) is 0 Å². The Morgan fingerprint density at radius 1 is 0.512 bits per heavy atom. The van der Waals surface area contributed by atoms with Gasteiger partial charge >= 0.3 is 0 Å². The zero-order valence-corrected chi connectivity index (χ0v) is 51.9. The van der Waals surface area contributed by atoms with E-state index in [2.05, 4.69) is 194 Å². The van der Waals surface area contributed by atoms with Crippen LogP contribution in [0.5, 0.6) is 11.5 Å². The molecule has 0 fully saturated rings. The number of para-hydroxylation sites is 3. The fourth-order valence-corrected chi connectivity index (χ4v) is 14.0. The molecule has 0 N–H and O–H groups in total. The molecule has 0 atom stereocenters. The van der Waals surface area contributed by atoms with Crippen LogP contribution >= 0.6 is 34.8 Å². The standard InChI is InChI=1S/C42H45NO2.C33H34Cl3N/c1-41(2)36-24-12-11-22-34(36)35(23-16-30-44-32-18-7-5-8-19-32)37(41)26-15-28-40-42(3,4)38-25-13-14-27-39(38)43(40)29-17-31-45-33-20-9-6-10-21-33;1-20-25-14-12-23(34)18-27(25)32(2,3)26(20)15-10-21-8-7-9-22(31(21)36)11-17-30-33(4,5)28-19-24(35)13-16-29(28)37(30)6/h5-15,18-22,24-28H,16-17,23,29-31H2,1-4H3;10-19H,7-9H2,1-6H3/b26-15+,40-28+;. The van der Waals surface area contributed by atoms with Gasteiger partial charge in [-0.05, 0) is 185 Å². The van der Waals surface area contributed by atoms with Gasteiger partial charge in [-0.15, -0.1) is 0 Å². The zero-order valence-electron chi connectivity index (χ0n) is 49.6. The summed E-state index contributed by atoms with van der Waals surface area (Å²) in [5.74, 6) is 1.86. The van der Waals surface area contributed by atoms with Gasteiger partial charge in [-0.2, -0.15) is 0 Å². The highest BCUT2D eigenvalue weighted by Crippen LogP contribution is 2.52. The first-order valence-electron chi connectivity index (χ1n) is 29.3. The molecule has 7 heteroatoms. The molecule has 0 spiro atoms. The van der Waals surface area contributed by atoms with Crippen LogP contribution in [0.2, 0.25) is 10.0 Å². The van der Waals surface area contributed by atoms with Crippen LogP contribution in [0.4, 0.5) is 11.4 Å². The number of halogens is 3. The van der Waals surface area contributed by atoms with Gasteiger partial charge in [0.05, 0.1) is 13.2 Å². The molecule has 0 bridgehead atoms. The van der Waals surface area contributed by atoms with Crippen molar-refractivity contribution >= 4 is 57.3 Å². The topological polar surface area (TPSA) is 24.9 Å². The van der Waals surface area contributed by atoms with Crippen molar-refractivity contribution in [2.75, 3.05) is 36.6 Å². The van der Waals surface area contributed by atoms with E-state index in [0.29, 0.717) is 13.2 Å². The number of rotatable bonds is 15. The Labute approximate surface area is 504 Å². The smallest absolute Gasteiger partial charge is 0.119 e. The van der Waals surface area contributed by atoms with Crippen molar-refractivity contribution in [3.8, 4) is 11.5 Å². The van der Waals surface area contributed by atoms with Gasteiger partial charge in [-0.1, -0.05) is 206 Å². The van der Waals surface area contributed by atoms with Gasteiger partial charge in [-0.3, -0.25) is 0 Å². The SMILES string of the molecule is CC1(C)C(/C=C/C=C2/N(CCCOc3ccccc3)c3ccccc3C2(C)C)=C(CCCOc2ccccc2)c2ccccc21.CC1=C(C=CC2=C(Cl)C(=CC=C3N(C)c4ccc(Cl)cc4C3(C)C)CCC2)C(C)(C)c2cc(Cl)ccc21. The van der Waals surface area contributed by atoms with Crippen LogP contribution < -0.4 is 19.3 Å². The first-order valence-corrected chi connectivity index (χ1v) is 30.4. The summed E-state index contributed by atoms with van der Waals surface area (Å²) in [6.45, 7) is 23.0. The van der Waals surface area contributed by atoms with Crippen LogP contribution in [-0.2, 0) is 21.7 Å². The van der Waals surface area contributed by atoms with Crippen LogP contribution in [0.1, 0.15) is 134 Å². The summed E-state index contributed by atoms with van der Waals surface area (Å²) >= 11 is 19.7. The Kier molecular flexibility index (Phi) is 17.3. The Balaban J connectivity index is 0.000000187. The molecule has 82 heavy (non-hydrogen) atoms. The van der Waals surface area contributed by atoms with E-state index < -0.39 is 0 Å². The number of ether oxygens (including phenoxy) is 2. The average Bonchev–Trinajstić information content (AvgIpc) is 3.10. The van der Waals surface area contributed by atoms with Crippen LogP contribution in [0.15, 0.2) is 227 Å². The van der Waals surface area contributed by atoms with Gasteiger partial charge in [0, 0.05) is 73.1 Å². The normalized spacial score (nSPS) is 19.6. The lowest BCUT2D eigenvalue weighted by Crippen LogP contribution is -2.27. The van der Waals surface area contributed by atoms with Crippen molar-refractivity contribution < 1.29 is 9.47 Å². The van der Waals surface area contributed by atoms with Gasteiger partial charge in [-0.25, -0.2) is 0 Å². The highest BCUT2D eigenvalue weighted by Gasteiger charge is 2.41. The molecule has 5 aliphatic rings. The summed E-state index contributed by atoms with van der Waals surface area (Å²) in [6.07, 6.45) is 21.9. The van der Waals surface area contributed by atoms with Gasteiger partial charge in [0.25, 0.3) is 0 Å². The summed E-state index contributed by atoms with van der Waals surface area (Å²) < 4.78 is 12.1. The maximum absolute atomic E-state index is 7.02. The van der Waals surface area contributed by atoms with E-state index in [1.165, 1.54) is 89.6 Å². The number of likely N-dealkylation sites (N-methyl/N-ethyl adjacent to an activating group) is 1. The Bertz CT molecular complexity index is 3620. The fourth-order valence-electron chi connectivity index (χ4n) is 13.4. The molecule has 0 saturated heterocycles. The second-order valence-electron chi connectivity index (χ2n) is 24.5. The first-order chi connectivity index (χ1) is 39.3. The fraction of sp³-hybridized carbons (Fsp3) is 0.307. The highest BCUT2D eigenvalue weighted by molar-refractivity contribution is 6.32. The molecule has 0 amide bonds. The van der Waals surface area contributed by atoms with Crippen molar-refractivity contribution in [1.82, 2.24) is 0 Å². The lowest BCUT2D eigenvalue weighted by molar-refractivity contribution is 0.312. The van der Waals surface area contributed by atoms with E-state index in [4.69, 9.17) is 44.3 Å². The van der Waals surface area contributed by atoms with E-state index in [0.717, 1.165) is 71.6 Å². The van der Waals surface area contributed by atoms with Gasteiger partial charge in [0.1, 0.15) is 11.5 Å². The minimum absolute atomic E-state index is 0.0656. The van der Waals surface area contributed by atoms with Crippen LogP contribution in [-0.4, -0.2) is 26.8 Å². The van der Waals surface area contributed by atoms with E-state index in [1.54, 1.807) is 0 Å². The lowest BCUT2D eigenvalue weighted by Gasteiger charge is -2.27. The van der Waals surface area contributed by atoms with Crippen molar-refractivity contribution in [1.29, 1.82) is 0 Å². The maximum Gasteiger partial charge on any atom is 0.119 e. The number of hydrogen-bond acceptors (Lipinski definition) is 4. The third-order valence-electron chi connectivity index (χ3n) is 17.8. The van der Waals surface area contributed by atoms with Crippen molar-refractivity contribution in [3.05, 3.63) is 270 Å². The van der Waals surface area contributed by atoms with Crippen LogP contribution in [0.25, 0.3) is 11.1 Å². The van der Waals surface area contributed by atoms with E-state index in [9.17, 15) is 0 Å². The number of allylic oxidation sites excluding steroid dienone is 16. The monoisotopic (exact) mass is 1140 g/mol. The largest absolute Gasteiger partial charge is 0.494 e. The molecule has 0 radical (unpaired) electrons. The maximum atomic E-state index is 7.02. The molecular formula is C75H79Cl3N2O2. The predicted molar refractivity (Wildman–Crippen MR) is 350 cm³/mol. The minimum Gasteiger partial charge on any atom is -0.494 e. The minimum atomic E-state index is -0.129. The Morgan fingerprint density at radius 3 is 1.82 bits per heavy atom. The number of fused-ring (bicyclic) bond motifs is 4. The molecular weight excluding hydrogens is 1070 g/mol. The summed E-state index contributed by atoms with van der Waals surface area (Å²) in [7, 11) is 2.13. The highest BCUT2D eigenvalue weighted by atomic mass is 35.5. The predicted octanol–water partition coefficient (Wildman–Crippen LogP) is 20.8. The molecule has 3 aliphatic carbocycles. The molecule has 2 aliphatic heterocycles. The summed E-state index contributed by atoms with van der Waals surface area (Å²) in [4.78, 5) is 4.77.